The molecule has 0 bridgehead atoms. The fourth-order valence-electron chi connectivity index (χ4n) is 1.87. The number of H-pyrrole nitrogens is 1. The van der Waals surface area contributed by atoms with Gasteiger partial charge >= 0.3 is 0 Å². The molecular weight excluding hydrogens is 194 g/mol. The highest BCUT2D eigenvalue weighted by atomic mass is 14.7. The van der Waals surface area contributed by atoms with Gasteiger partial charge in [-0.25, -0.2) is 0 Å². The quantitative estimate of drug-likeness (QED) is 0.768. The summed E-state index contributed by atoms with van der Waals surface area (Å²) in [7, 11) is 0. The summed E-state index contributed by atoms with van der Waals surface area (Å²) in [6, 6.07) is 8.31. The van der Waals surface area contributed by atoms with E-state index in [4.69, 9.17) is 2.74 Å². The lowest BCUT2D eigenvalue weighted by Gasteiger charge is -2.03. The van der Waals surface area contributed by atoms with E-state index in [1.54, 1.807) is 12.1 Å². The lowest BCUT2D eigenvalue weighted by molar-refractivity contribution is 1.39. The van der Waals surface area contributed by atoms with Crippen LogP contribution in [0.1, 0.15) is 14.7 Å². The summed E-state index contributed by atoms with van der Waals surface area (Å²) in [5.41, 5.74) is 3.64. The van der Waals surface area contributed by atoms with Crippen molar-refractivity contribution in [3.8, 4) is 11.3 Å². The topological polar surface area (TPSA) is 15.8 Å². The molecule has 1 aliphatic rings. The van der Waals surface area contributed by atoms with Crippen LogP contribution in [0.2, 0.25) is 0 Å². The van der Waals surface area contributed by atoms with Gasteiger partial charge in [-0.2, -0.15) is 0 Å². The summed E-state index contributed by atoms with van der Waals surface area (Å²) in [5, 5.41) is 0. The highest BCUT2D eigenvalue weighted by molar-refractivity contribution is 5.72. The molecule has 0 spiro atoms. The zero-order valence-electron chi connectivity index (χ0n) is 10.8. The second kappa shape index (κ2) is 3.86. The Morgan fingerprint density at radius 3 is 2.75 bits per heavy atom. The number of hydrogen-bond acceptors (Lipinski definition) is 0. The van der Waals surface area contributed by atoms with Crippen LogP contribution in [-0.4, -0.2) is 4.98 Å². The molecule has 0 fully saturated rings. The van der Waals surface area contributed by atoms with Crippen LogP contribution in [0.3, 0.4) is 0 Å². The van der Waals surface area contributed by atoms with Crippen LogP contribution in [0.5, 0.6) is 0 Å². The summed E-state index contributed by atoms with van der Waals surface area (Å²) >= 11 is 0. The van der Waals surface area contributed by atoms with Gasteiger partial charge in [0.1, 0.15) is 0 Å². The highest BCUT2D eigenvalue weighted by Gasteiger charge is 2.03. The van der Waals surface area contributed by atoms with E-state index in [-0.39, 0.29) is 0 Å². The molecule has 1 nitrogen and oxygen atoms in total. The van der Waals surface area contributed by atoms with Crippen molar-refractivity contribution in [2.75, 3.05) is 0 Å². The van der Waals surface area contributed by atoms with Gasteiger partial charge in [-0.3, -0.25) is 0 Å². The zero-order chi connectivity index (χ0) is 12.5. The van der Waals surface area contributed by atoms with Gasteiger partial charge in [0.05, 0.1) is 2.74 Å². The Labute approximate surface area is 97.9 Å². The second-order valence-electron chi connectivity index (χ2n) is 3.81. The molecule has 16 heavy (non-hydrogen) atoms. The maximum atomic E-state index is 8.11. The second-order valence-corrected chi connectivity index (χ2v) is 3.81. The molecular formula is C15H13N. The average Bonchev–Trinajstić information content (AvgIpc) is 3.02. The van der Waals surface area contributed by atoms with Crippen LogP contribution < -0.4 is 0 Å². The van der Waals surface area contributed by atoms with Crippen molar-refractivity contribution < 1.29 is 2.74 Å². The van der Waals surface area contributed by atoms with Gasteiger partial charge in [-0.1, -0.05) is 42.4 Å². The van der Waals surface area contributed by atoms with E-state index in [2.05, 4.69) is 11.1 Å². The minimum Gasteiger partial charge on any atom is -0.361 e. The molecule has 0 saturated carbocycles. The average molecular weight is 209 g/mol. The normalized spacial score (nSPS) is 15.9. The Balaban J connectivity index is 2.09. The first-order valence-electron chi connectivity index (χ1n) is 6.37. The largest absolute Gasteiger partial charge is 0.361 e. The third kappa shape index (κ3) is 1.61. The van der Waals surface area contributed by atoms with Crippen molar-refractivity contribution in [3.05, 3.63) is 66.3 Å². The molecule has 1 heteroatoms. The highest BCUT2D eigenvalue weighted by Crippen LogP contribution is 2.25. The molecule has 0 atom stereocenters. The first-order chi connectivity index (χ1) is 8.75. The van der Waals surface area contributed by atoms with Crippen LogP contribution in [0.15, 0.2) is 60.8 Å². The van der Waals surface area contributed by atoms with E-state index < -0.39 is 0 Å². The molecule has 3 rings (SSSR count). The van der Waals surface area contributed by atoms with Crippen molar-refractivity contribution in [2.24, 2.45) is 0 Å². The third-order valence-electron chi connectivity index (χ3n) is 2.75. The van der Waals surface area contributed by atoms with Crippen LogP contribution in [0.25, 0.3) is 16.8 Å². The van der Waals surface area contributed by atoms with E-state index in [9.17, 15) is 0 Å². The van der Waals surface area contributed by atoms with Gasteiger partial charge < -0.3 is 4.98 Å². The van der Waals surface area contributed by atoms with Gasteiger partial charge in [0.2, 0.25) is 0 Å². The molecule has 0 unspecified atom stereocenters. The van der Waals surface area contributed by atoms with Crippen molar-refractivity contribution in [1.82, 2.24) is 4.98 Å². The SMILES string of the molecule is [2H]c1cc(-c2ccc[nH]2)c([2H])cc1C1=CC=CC1. The van der Waals surface area contributed by atoms with Gasteiger partial charge in [-0.15, -0.1) is 0 Å². The molecule has 78 valence electrons. The van der Waals surface area contributed by atoms with Crippen molar-refractivity contribution in [3.63, 3.8) is 0 Å². The number of nitrogens with one attached hydrogen (secondary N) is 1. The third-order valence-corrected chi connectivity index (χ3v) is 2.75. The molecule has 0 radical (unpaired) electrons. The Morgan fingerprint density at radius 1 is 1.12 bits per heavy atom. The standard InChI is InChI=1S/C15H13N/c1-2-5-12(4-1)13-7-9-14(10-8-13)15-6-3-11-16-15/h1-4,6-11,16H,5H2/i7D,10D. The molecule has 0 amide bonds. The molecule has 0 saturated heterocycles. The van der Waals surface area contributed by atoms with Gasteiger partial charge in [0, 0.05) is 11.9 Å². The van der Waals surface area contributed by atoms with Crippen LogP contribution in [0.4, 0.5) is 0 Å². The Kier molecular flexibility index (Phi) is 1.76. The maximum absolute atomic E-state index is 8.11. The van der Waals surface area contributed by atoms with E-state index in [0.29, 0.717) is 12.1 Å². The van der Waals surface area contributed by atoms with Crippen LogP contribution >= 0.6 is 0 Å². The Hall–Kier alpha value is -2.02. The molecule has 1 heterocycles. The van der Waals surface area contributed by atoms with Crippen LogP contribution in [0, 0.1) is 0 Å². The Morgan fingerprint density at radius 2 is 2.00 bits per heavy atom. The fraction of sp³-hybridized carbons (Fsp3) is 0.0667. The predicted molar refractivity (Wildman–Crippen MR) is 68.0 cm³/mol. The molecule has 0 aliphatic heterocycles. The lowest BCUT2D eigenvalue weighted by atomic mass is 10.0. The summed E-state index contributed by atoms with van der Waals surface area (Å²) in [6.45, 7) is 0. The van der Waals surface area contributed by atoms with E-state index in [1.807, 2.05) is 30.5 Å². The first kappa shape index (κ1) is 7.29. The Bertz CT molecular complexity index is 637. The number of benzene rings is 1. The summed E-state index contributed by atoms with van der Waals surface area (Å²) in [4.78, 5) is 3.08. The number of allylic oxidation sites excluding steroid dienone is 4. The minimum atomic E-state index is 0.455. The predicted octanol–water partition coefficient (Wildman–Crippen LogP) is 4.03. The number of rotatable bonds is 2. The van der Waals surface area contributed by atoms with Crippen molar-refractivity contribution >= 4 is 5.57 Å². The molecule has 1 aliphatic carbocycles. The monoisotopic (exact) mass is 209 g/mol. The molecule has 1 aromatic carbocycles. The first-order valence-corrected chi connectivity index (χ1v) is 5.37. The van der Waals surface area contributed by atoms with Crippen molar-refractivity contribution in [2.45, 2.75) is 6.42 Å². The molecule has 1 N–H and O–H groups in total. The zero-order valence-corrected chi connectivity index (χ0v) is 8.83. The summed E-state index contributed by atoms with van der Waals surface area (Å²) < 4.78 is 16.2. The van der Waals surface area contributed by atoms with Crippen LogP contribution in [-0.2, 0) is 0 Å². The van der Waals surface area contributed by atoms with E-state index >= 15 is 0 Å². The number of aromatic nitrogens is 1. The molecule has 2 aromatic rings. The smallest absolute Gasteiger partial charge is 0.0630 e. The maximum Gasteiger partial charge on any atom is 0.0630 e. The van der Waals surface area contributed by atoms with Crippen molar-refractivity contribution in [1.29, 1.82) is 0 Å². The van der Waals surface area contributed by atoms with Gasteiger partial charge in [0.25, 0.3) is 0 Å². The number of aromatic amines is 1. The summed E-state index contributed by atoms with van der Waals surface area (Å²) in [6.07, 6.45) is 8.76. The van der Waals surface area contributed by atoms with Gasteiger partial charge in [0.15, 0.2) is 0 Å². The van der Waals surface area contributed by atoms with E-state index in [1.165, 1.54) is 0 Å². The van der Waals surface area contributed by atoms with Gasteiger partial charge in [-0.05, 0) is 35.3 Å². The van der Waals surface area contributed by atoms with E-state index in [0.717, 1.165) is 28.8 Å². The molecule has 1 aromatic heterocycles. The number of hydrogen-bond donors (Lipinski definition) is 1. The lowest BCUT2D eigenvalue weighted by Crippen LogP contribution is -1.82. The summed E-state index contributed by atoms with van der Waals surface area (Å²) in [5.74, 6) is 0. The fourth-order valence-corrected chi connectivity index (χ4v) is 1.87. The minimum absolute atomic E-state index is 0.455.